The van der Waals surface area contributed by atoms with E-state index in [0.717, 1.165) is 51.1 Å². The summed E-state index contributed by atoms with van der Waals surface area (Å²) in [7, 11) is 0. The highest BCUT2D eigenvalue weighted by Crippen LogP contribution is 2.27. The minimum Gasteiger partial charge on any atom is -0.491 e. The number of hydrogen-bond acceptors (Lipinski definition) is 4. The van der Waals surface area contributed by atoms with Crippen molar-refractivity contribution in [3.63, 3.8) is 0 Å². The predicted octanol–water partition coefficient (Wildman–Crippen LogP) is 2.48. The Bertz CT molecular complexity index is 464. The lowest BCUT2D eigenvalue weighted by molar-refractivity contribution is 0.0679. The van der Waals surface area contributed by atoms with Crippen LogP contribution >= 0.6 is 0 Å². The third-order valence-electron chi connectivity index (χ3n) is 4.51. The fraction of sp³-hybridized carbons (Fsp3) is 0.647. The molecule has 3 rings (SSSR count). The third kappa shape index (κ3) is 3.69. The molecule has 2 saturated heterocycles. The molecule has 2 N–H and O–H groups in total. The van der Waals surface area contributed by atoms with E-state index in [4.69, 9.17) is 15.2 Å². The van der Waals surface area contributed by atoms with Crippen molar-refractivity contribution in [2.75, 3.05) is 31.2 Å². The number of hydrogen-bond donors (Lipinski definition) is 1. The minimum atomic E-state index is 0.272. The van der Waals surface area contributed by atoms with Gasteiger partial charge < -0.3 is 20.1 Å². The van der Waals surface area contributed by atoms with Crippen LogP contribution in [0.2, 0.25) is 0 Å². The minimum absolute atomic E-state index is 0.272. The monoisotopic (exact) mass is 290 g/mol. The zero-order valence-corrected chi connectivity index (χ0v) is 12.9. The fourth-order valence-electron chi connectivity index (χ4n) is 3.18. The maximum absolute atomic E-state index is 5.98. The van der Waals surface area contributed by atoms with Crippen LogP contribution in [-0.4, -0.2) is 38.4 Å². The molecule has 4 nitrogen and oxygen atoms in total. The number of rotatable bonds is 4. The van der Waals surface area contributed by atoms with Crippen LogP contribution in [0, 0.1) is 6.92 Å². The first-order valence-electron chi connectivity index (χ1n) is 8.08. The molecule has 4 heteroatoms. The molecule has 1 atom stereocenters. The number of piperidine rings is 1. The molecule has 0 aliphatic carbocycles. The number of nitrogens with zero attached hydrogens (tertiary/aromatic N) is 1. The molecule has 0 saturated carbocycles. The molecule has 1 unspecified atom stereocenters. The van der Waals surface area contributed by atoms with Crippen molar-refractivity contribution >= 4 is 5.69 Å². The summed E-state index contributed by atoms with van der Waals surface area (Å²) in [5, 5.41) is 0. The predicted molar refractivity (Wildman–Crippen MR) is 85.1 cm³/mol. The summed E-state index contributed by atoms with van der Waals surface area (Å²) >= 11 is 0. The SMILES string of the molecule is Cc1cc(OCC2CCCO2)ccc1N1CCC(N)CC1. The number of ether oxygens (including phenoxy) is 2. The van der Waals surface area contributed by atoms with E-state index in [-0.39, 0.29) is 6.10 Å². The number of nitrogens with two attached hydrogens (primary N) is 1. The Balaban J connectivity index is 1.59. The van der Waals surface area contributed by atoms with Crippen molar-refractivity contribution < 1.29 is 9.47 Å². The van der Waals surface area contributed by atoms with Crippen LogP contribution in [-0.2, 0) is 4.74 Å². The van der Waals surface area contributed by atoms with Crippen LogP contribution in [0.4, 0.5) is 5.69 Å². The Hall–Kier alpha value is -1.26. The highest BCUT2D eigenvalue weighted by atomic mass is 16.5. The second kappa shape index (κ2) is 6.67. The standard InChI is InChI=1S/C17H26N2O2/c1-13-11-15(21-12-16-3-2-10-20-16)4-5-17(13)19-8-6-14(18)7-9-19/h4-5,11,14,16H,2-3,6-10,12,18H2,1H3. The van der Waals surface area contributed by atoms with Crippen LogP contribution in [0.3, 0.4) is 0 Å². The van der Waals surface area contributed by atoms with E-state index in [1.54, 1.807) is 0 Å². The largest absolute Gasteiger partial charge is 0.491 e. The lowest BCUT2D eigenvalue weighted by Gasteiger charge is -2.33. The van der Waals surface area contributed by atoms with E-state index >= 15 is 0 Å². The zero-order valence-electron chi connectivity index (χ0n) is 12.9. The number of benzene rings is 1. The molecule has 2 aliphatic rings. The lowest BCUT2D eigenvalue weighted by Crippen LogP contribution is -2.39. The molecular formula is C17H26N2O2. The van der Waals surface area contributed by atoms with Gasteiger partial charge in [-0.15, -0.1) is 0 Å². The average molecular weight is 290 g/mol. The van der Waals surface area contributed by atoms with Gasteiger partial charge >= 0.3 is 0 Å². The van der Waals surface area contributed by atoms with Crippen LogP contribution in [0.1, 0.15) is 31.2 Å². The maximum atomic E-state index is 5.98. The van der Waals surface area contributed by atoms with Crippen LogP contribution in [0.5, 0.6) is 5.75 Å². The van der Waals surface area contributed by atoms with Crippen LogP contribution < -0.4 is 15.4 Å². The summed E-state index contributed by atoms with van der Waals surface area (Å²) in [5.41, 5.74) is 8.56. The van der Waals surface area contributed by atoms with E-state index < -0.39 is 0 Å². The maximum Gasteiger partial charge on any atom is 0.119 e. The molecule has 116 valence electrons. The Labute approximate surface area is 127 Å². The second-order valence-corrected chi connectivity index (χ2v) is 6.22. The second-order valence-electron chi connectivity index (χ2n) is 6.22. The fourth-order valence-corrected chi connectivity index (χ4v) is 3.18. The quantitative estimate of drug-likeness (QED) is 0.925. The van der Waals surface area contributed by atoms with Gasteiger partial charge in [0.25, 0.3) is 0 Å². The average Bonchev–Trinajstić information content (AvgIpc) is 3.00. The topological polar surface area (TPSA) is 47.7 Å². The summed E-state index contributed by atoms with van der Waals surface area (Å²) in [4.78, 5) is 2.43. The Kier molecular flexibility index (Phi) is 4.66. The van der Waals surface area contributed by atoms with Crippen LogP contribution in [0.15, 0.2) is 18.2 Å². The number of anilines is 1. The Morgan fingerprint density at radius 1 is 1.29 bits per heavy atom. The van der Waals surface area contributed by atoms with Gasteiger partial charge in [0, 0.05) is 31.4 Å². The highest BCUT2D eigenvalue weighted by Gasteiger charge is 2.19. The molecule has 0 amide bonds. The highest BCUT2D eigenvalue weighted by molar-refractivity contribution is 5.56. The van der Waals surface area contributed by atoms with Crippen molar-refractivity contribution in [1.29, 1.82) is 0 Å². The molecule has 0 bridgehead atoms. The molecule has 0 radical (unpaired) electrons. The molecule has 0 aromatic heterocycles. The van der Waals surface area contributed by atoms with Crippen molar-refractivity contribution in [1.82, 2.24) is 0 Å². The van der Waals surface area contributed by atoms with Gasteiger partial charge in [0.15, 0.2) is 0 Å². The number of aryl methyl sites for hydroxylation is 1. The molecule has 0 spiro atoms. The Morgan fingerprint density at radius 3 is 2.76 bits per heavy atom. The molecular weight excluding hydrogens is 264 g/mol. The Morgan fingerprint density at radius 2 is 2.10 bits per heavy atom. The van der Waals surface area contributed by atoms with Crippen molar-refractivity contribution in [3.05, 3.63) is 23.8 Å². The summed E-state index contributed by atoms with van der Waals surface area (Å²) in [6, 6.07) is 6.76. The van der Waals surface area contributed by atoms with E-state index in [9.17, 15) is 0 Å². The third-order valence-corrected chi connectivity index (χ3v) is 4.51. The van der Waals surface area contributed by atoms with Gasteiger partial charge in [-0.05, 0) is 56.4 Å². The van der Waals surface area contributed by atoms with E-state index in [2.05, 4.69) is 30.0 Å². The molecule has 2 fully saturated rings. The molecule has 1 aromatic carbocycles. The van der Waals surface area contributed by atoms with Crippen molar-refractivity contribution in [2.24, 2.45) is 5.73 Å². The molecule has 2 heterocycles. The van der Waals surface area contributed by atoms with E-state index in [1.807, 2.05) is 0 Å². The van der Waals surface area contributed by atoms with E-state index in [0.29, 0.717) is 12.6 Å². The molecule has 1 aromatic rings. The summed E-state index contributed by atoms with van der Waals surface area (Å²) in [5.74, 6) is 0.945. The van der Waals surface area contributed by atoms with Gasteiger partial charge in [-0.3, -0.25) is 0 Å². The summed E-state index contributed by atoms with van der Waals surface area (Å²) < 4.78 is 11.5. The lowest BCUT2D eigenvalue weighted by atomic mass is 10.0. The van der Waals surface area contributed by atoms with Crippen LogP contribution in [0.25, 0.3) is 0 Å². The van der Waals surface area contributed by atoms with Gasteiger partial charge in [0.1, 0.15) is 12.4 Å². The zero-order chi connectivity index (χ0) is 14.7. The summed E-state index contributed by atoms with van der Waals surface area (Å²) in [6.07, 6.45) is 4.70. The van der Waals surface area contributed by atoms with Gasteiger partial charge in [0.2, 0.25) is 0 Å². The van der Waals surface area contributed by atoms with Gasteiger partial charge in [-0.25, -0.2) is 0 Å². The smallest absolute Gasteiger partial charge is 0.119 e. The van der Waals surface area contributed by atoms with Gasteiger partial charge in [-0.1, -0.05) is 0 Å². The normalized spacial score (nSPS) is 23.5. The van der Waals surface area contributed by atoms with Gasteiger partial charge in [-0.2, -0.15) is 0 Å². The molecule has 2 aliphatic heterocycles. The first-order valence-corrected chi connectivity index (χ1v) is 8.08. The first-order chi connectivity index (χ1) is 10.2. The van der Waals surface area contributed by atoms with E-state index in [1.165, 1.54) is 11.3 Å². The van der Waals surface area contributed by atoms with Crippen molar-refractivity contribution in [3.8, 4) is 5.75 Å². The van der Waals surface area contributed by atoms with Crippen molar-refractivity contribution in [2.45, 2.75) is 44.8 Å². The first kappa shape index (κ1) is 14.7. The molecule has 21 heavy (non-hydrogen) atoms. The van der Waals surface area contributed by atoms with Gasteiger partial charge in [0.05, 0.1) is 6.10 Å². The summed E-state index contributed by atoms with van der Waals surface area (Å²) in [6.45, 7) is 5.81.